The maximum atomic E-state index is 13.8. The number of nitrogens with zero attached hydrogens (tertiary/aromatic N) is 3. The van der Waals surface area contributed by atoms with Crippen LogP contribution in [0.15, 0.2) is 24.3 Å². The number of amides is 2. The van der Waals surface area contributed by atoms with Gasteiger partial charge in [-0.15, -0.1) is 0 Å². The van der Waals surface area contributed by atoms with Crippen molar-refractivity contribution >= 4 is 22.8 Å². The lowest BCUT2D eigenvalue weighted by atomic mass is 9.49. The fraction of sp³-hybridized carbons (Fsp3) is 0.667. The monoisotopic (exact) mass is 448 g/mol. The average Bonchev–Trinajstić information content (AvgIpc) is 3.39. The molecule has 7 rings (SSSR count). The Morgan fingerprint density at radius 2 is 1.79 bits per heavy atom. The molecule has 0 radical (unpaired) electrons. The van der Waals surface area contributed by atoms with Crippen molar-refractivity contribution in [2.75, 3.05) is 13.1 Å². The maximum absolute atomic E-state index is 13.8. The van der Waals surface area contributed by atoms with E-state index in [2.05, 4.69) is 20.9 Å². The van der Waals surface area contributed by atoms with Crippen LogP contribution < -0.4 is 5.32 Å². The second-order valence-electron chi connectivity index (χ2n) is 11.3. The number of para-hydroxylation sites is 2. The standard InChI is InChI=1S/C27H36N4O2/c1-18-29-22-6-2-3-7-23(22)30(18)11-5-9-28-25(32)24-8-4-10-31(24)26(33)27-15-19-12-20(16-27)14-21(13-19)17-27/h2-3,6-7,19-21,24H,4-5,8-17H2,1H3,(H,28,32). The van der Waals surface area contributed by atoms with Crippen LogP contribution >= 0.6 is 0 Å². The molecule has 2 heterocycles. The van der Waals surface area contributed by atoms with Crippen LogP contribution in [-0.4, -0.2) is 45.4 Å². The SMILES string of the molecule is Cc1nc2ccccc2n1CCCNC(=O)C1CCCN1C(=O)C12CC3CC(CC(C3)C1)C2. The molecular formula is C27H36N4O2. The van der Waals surface area contributed by atoms with Crippen molar-refractivity contribution < 1.29 is 9.59 Å². The number of benzene rings is 1. The van der Waals surface area contributed by atoms with Crippen molar-refractivity contribution in [1.29, 1.82) is 0 Å². The van der Waals surface area contributed by atoms with Crippen molar-refractivity contribution in [3.63, 3.8) is 0 Å². The summed E-state index contributed by atoms with van der Waals surface area (Å²) in [5.74, 6) is 3.59. The first-order chi connectivity index (χ1) is 16.0. The van der Waals surface area contributed by atoms with E-state index in [-0.39, 0.29) is 17.4 Å². The van der Waals surface area contributed by atoms with E-state index in [1.54, 1.807) is 0 Å². The van der Waals surface area contributed by atoms with E-state index in [0.29, 0.717) is 12.5 Å². The fourth-order valence-electron chi connectivity index (χ4n) is 8.00. The summed E-state index contributed by atoms with van der Waals surface area (Å²) in [6, 6.07) is 7.91. The van der Waals surface area contributed by atoms with Gasteiger partial charge in [0.15, 0.2) is 0 Å². The summed E-state index contributed by atoms with van der Waals surface area (Å²) in [5, 5.41) is 3.15. The number of nitrogens with one attached hydrogen (secondary N) is 1. The molecule has 1 N–H and O–H groups in total. The molecule has 33 heavy (non-hydrogen) atoms. The van der Waals surface area contributed by atoms with Crippen LogP contribution in [0.5, 0.6) is 0 Å². The molecule has 1 aromatic carbocycles. The topological polar surface area (TPSA) is 67.2 Å². The number of aromatic nitrogens is 2. The number of fused-ring (bicyclic) bond motifs is 1. The number of rotatable bonds is 6. The van der Waals surface area contributed by atoms with Crippen LogP contribution in [0.3, 0.4) is 0 Å². The van der Waals surface area contributed by atoms with Crippen molar-refractivity contribution in [2.45, 2.75) is 77.3 Å². The highest BCUT2D eigenvalue weighted by molar-refractivity contribution is 5.91. The molecule has 5 fully saturated rings. The van der Waals surface area contributed by atoms with Gasteiger partial charge in [0, 0.05) is 19.6 Å². The zero-order valence-electron chi connectivity index (χ0n) is 19.8. The average molecular weight is 449 g/mol. The van der Waals surface area contributed by atoms with Crippen LogP contribution in [0.1, 0.15) is 63.6 Å². The Labute approximate surface area is 196 Å². The van der Waals surface area contributed by atoms with E-state index in [4.69, 9.17) is 0 Å². The van der Waals surface area contributed by atoms with Gasteiger partial charge in [-0.1, -0.05) is 12.1 Å². The minimum absolute atomic E-state index is 0.0396. The Morgan fingerprint density at radius 3 is 2.52 bits per heavy atom. The molecule has 1 saturated heterocycles. The Balaban J connectivity index is 1.06. The minimum atomic E-state index is -0.277. The molecule has 4 aliphatic carbocycles. The van der Waals surface area contributed by atoms with Gasteiger partial charge in [0.25, 0.3) is 0 Å². The van der Waals surface area contributed by atoms with Gasteiger partial charge >= 0.3 is 0 Å². The highest BCUT2D eigenvalue weighted by Gasteiger charge is 2.56. The zero-order valence-corrected chi connectivity index (χ0v) is 19.8. The molecule has 4 bridgehead atoms. The Morgan fingerprint density at radius 1 is 1.09 bits per heavy atom. The molecule has 6 heteroatoms. The minimum Gasteiger partial charge on any atom is -0.354 e. The lowest BCUT2D eigenvalue weighted by Gasteiger charge is -2.56. The number of hydrogen-bond donors (Lipinski definition) is 1. The zero-order chi connectivity index (χ0) is 22.6. The summed E-state index contributed by atoms with van der Waals surface area (Å²) in [4.78, 5) is 33.5. The van der Waals surface area contributed by atoms with E-state index in [0.717, 1.165) is 86.2 Å². The van der Waals surface area contributed by atoms with Crippen LogP contribution in [0, 0.1) is 30.1 Å². The second kappa shape index (κ2) is 8.14. The summed E-state index contributed by atoms with van der Waals surface area (Å²) >= 11 is 0. The van der Waals surface area contributed by atoms with Gasteiger partial charge in [-0.05, 0) is 94.6 Å². The summed E-state index contributed by atoms with van der Waals surface area (Å²) < 4.78 is 2.22. The van der Waals surface area contributed by atoms with Gasteiger partial charge in [0.2, 0.25) is 11.8 Å². The predicted octanol–water partition coefficient (Wildman–Crippen LogP) is 4.06. The normalized spacial score (nSPS) is 32.6. The highest BCUT2D eigenvalue weighted by Crippen LogP contribution is 2.60. The van der Waals surface area contributed by atoms with Gasteiger partial charge in [-0.2, -0.15) is 0 Å². The number of carbonyl (C=O) groups is 2. The molecule has 0 spiro atoms. The van der Waals surface area contributed by atoms with Gasteiger partial charge in [-0.3, -0.25) is 9.59 Å². The van der Waals surface area contributed by atoms with Crippen molar-refractivity contribution in [2.24, 2.45) is 23.2 Å². The third-order valence-electron chi connectivity index (χ3n) is 9.01. The highest BCUT2D eigenvalue weighted by atomic mass is 16.2. The van der Waals surface area contributed by atoms with E-state index >= 15 is 0 Å². The first kappa shape index (κ1) is 21.2. The van der Waals surface area contributed by atoms with E-state index in [1.807, 2.05) is 30.0 Å². The molecule has 1 atom stereocenters. The summed E-state index contributed by atoms with van der Waals surface area (Å²) in [5.41, 5.74) is 2.01. The van der Waals surface area contributed by atoms with E-state index in [1.165, 1.54) is 19.3 Å². The number of carbonyl (C=O) groups excluding carboxylic acids is 2. The summed E-state index contributed by atoms with van der Waals surface area (Å²) in [6.07, 6.45) is 9.81. The summed E-state index contributed by atoms with van der Waals surface area (Å²) in [7, 11) is 0. The number of aryl methyl sites for hydroxylation is 2. The Kier molecular flexibility index (Phi) is 5.22. The molecule has 1 unspecified atom stereocenters. The lowest BCUT2D eigenvalue weighted by molar-refractivity contribution is -0.160. The Hall–Kier alpha value is -2.37. The van der Waals surface area contributed by atoms with Crippen LogP contribution in [0.4, 0.5) is 0 Å². The maximum Gasteiger partial charge on any atom is 0.242 e. The first-order valence-corrected chi connectivity index (χ1v) is 13.0. The molecule has 6 nitrogen and oxygen atoms in total. The first-order valence-electron chi connectivity index (χ1n) is 13.0. The van der Waals surface area contributed by atoms with Gasteiger partial charge in [-0.25, -0.2) is 4.98 Å². The molecule has 1 aromatic heterocycles. The molecule has 2 amide bonds. The number of hydrogen-bond acceptors (Lipinski definition) is 3. The van der Waals surface area contributed by atoms with Crippen LogP contribution in [0.2, 0.25) is 0 Å². The van der Waals surface area contributed by atoms with Gasteiger partial charge in [0.05, 0.1) is 16.4 Å². The molecule has 5 aliphatic rings. The van der Waals surface area contributed by atoms with Gasteiger partial charge < -0.3 is 14.8 Å². The number of likely N-dealkylation sites (tertiary alicyclic amines) is 1. The van der Waals surface area contributed by atoms with Crippen molar-refractivity contribution in [3.8, 4) is 0 Å². The van der Waals surface area contributed by atoms with E-state index in [9.17, 15) is 9.59 Å². The van der Waals surface area contributed by atoms with Crippen LogP contribution in [-0.2, 0) is 16.1 Å². The quantitative estimate of drug-likeness (QED) is 0.678. The van der Waals surface area contributed by atoms with Gasteiger partial charge in [0.1, 0.15) is 11.9 Å². The summed E-state index contributed by atoms with van der Waals surface area (Å²) in [6.45, 7) is 4.23. The molecule has 1 aliphatic heterocycles. The number of imidazole rings is 1. The molecular weight excluding hydrogens is 412 g/mol. The fourth-order valence-corrected chi connectivity index (χ4v) is 8.00. The predicted molar refractivity (Wildman–Crippen MR) is 127 cm³/mol. The van der Waals surface area contributed by atoms with Crippen molar-refractivity contribution in [1.82, 2.24) is 19.8 Å². The lowest BCUT2D eigenvalue weighted by Crippen LogP contribution is -2.57. The Bertz CT molecular complexity index is 1040. The second-order valence-corrected chi connectivity index (χ2v) is 11.3. The molecule has 176 valence electrons. The third-order valence-corrected chi connectivity index (χ3v) is 9.01. The third kappa shape index (κ3) is 3.66. The van der Waals surface area contributed by atoms with Crippen LogP contribution in [0.25, 0.3) is 11.0 Å². The molecule has 2 aromatic rings. The van der Waals surface area contributed by atoms with E-state index < -0.39 is 0 Å². The van der Waals surface area contributed by atoms with Crippen molar-refractivity contribution in [3.05, 3.63) is 30.1 Å². The largest absolute Gasteiger partial charge is 0.354 e. The smallest absolute Gasteiger partial charge is 0.242 e. The molecule has 4 saturated carbocycles.